The summed E-state index contributed by atoms with van der Waals surface area (Å²) in [6.45, 7) is 4.04. The lowest BCUT2D eigenvalue weighted by Gasteiger charge is -2.45. The van der Waals surface area contributed by atoms with Crippen molar-refractivity contribution in [2.75, 3.05) is 19.7 Å². The molecule has 3 heterocycles. The van der Waals surface area contributed by atoms with Crippen molar-refractivity contribution in [3.63, 3.8) is 0 Å². The Morgan fingerprint density at radius 2 is 1.93 bits per heavy atom. The van der Waals surface area contributed by atoms with E-state index in [1.54, 1.807) is 0 Å². The number of rotatable bonds is 4. The number of carbonyl (C=O) groups excluding carboxylic acids is 2. The molecule has 1 aromatic rings. The smallest absolute Gasteiger partial charge is 0.410 e. The lowest BCUT2D eigenvalue weighted by atomic mass is 9.93. The molecule has 1 N–H and O–H groups in total. The Hall–Kier alpha value is -1.86. The van der Waals surface area contributed by atoms with Crippen LogP contribution in [0.2, 0.25) is 5.02 Å². The standard InChI is InChI=1S/C22H29ClFN3O3/c1-2-30-22(29)27-16-6-7-17(27)12-18(11-16)26-9-3-4-15(13-26)25-21(28)19-8-5-14(24)10-20(19)23/h5,8,10,15-18H,2-4,6-7,9,11-13H2,1H3,(H,25,28)/t15-,16?,17?,18?/m1/s1. The van der Waals surface area contributed by atoms with E-state index in [9.17, 15) is 14.0 Å². The predicted octanol–water partition coefficient (Wildman–Crippen LogP) is 3.83. The van der Waals surface area contributed by atoms with Gasteiger partial charge in [0.2, 0.25) is 0 Å². The largest absolute Gasteiger partial charge is 0.450 e. The predicted molar refractivity (Wildman–Crippen MR) is 112 cm³/mol. The van der Waals surface area contributed by atoms with E-state index >= 15 is 0 Å². The van der Waals surface area contributed by atoms with Gasteiger partial charge in [0.05, 0.1) is 17.2 Å². The summed E-state index contributed by atoms with van der Waals surface area (Å²) in [4.78, 5) is 29.4. The molecular weight excluding hydrogens is 409 g/mol. The van der Waals surface area contributed by atoms with E-state index in [0.717, 1.165) is 57.7 Å². The number of ether oxygens (including phenoxy) is 1. The van der Waals surface area contributed by atoms with Crippen molar-refractivity contribution in [3.8, 4) is 0 Å². The number of amides is 2. The number of hydrogen-bond acceptors (Lipinski definition) is 4. The number of likely N-dealkylation sites (tertiary alicyclic amines) is 1. The molecule has 4 rings (SSSR count). The number of carbonyl (C=O) groups is 2. The summed E-state index contributed by atoms with van der Waals surface area (Å²) >= 11 is 6.04. The van der Waals surface area contributed by atoms with E-state index in [1.165, 1.54) is 12.1 Å². The maximum Gasteiger partial charge on any atom is 0.410 e. The molecule has 2 unspecified atom stereocenters. The van der Waals surface area contributed by atoms with Crippen LogP contribution in [0.5, 0.6) is 0 Å². The first-order valence-corrected chi connectivity index (χ1v) is 11.3. The second-order valence-corrected chi connectivity index (χ2v) is 8.96. The van der Waals surface area contributed by atoms with Crippen LogP contribution >= 0.6 is 11.6 Å². The van der Waals surface area contributed by atoms with E-state index in [-0.39, 0.29) is 35.1 Å². The zero-order valence-electron chi connectivity index (χ0n) is 17.3. The van der Waals surface area contributed by atoms with Crippen LogP contribution in [0.15, 0.2) is 18.2 Å². The molecule has 3 aliphatic heterocycles. The summed E-state index contributed by atoms with van der Waals surface area (Å²) in [5.74, 6) is -0.715. The average Bonchev–Trinajstić information content (AvgIpc) is 2.98. The minimum Gasteiger partial charge on any atom is -0.450 e. The molecule has 3 saturated heterocycles. The Bertz CT molecular complexity index is 794. The molecule has 0 spiro atoms. The van der Waals surface area contributed by atoms with Crippen LogP contribution in [0.4, 0.5) is 9.18 Å². The SMILES string of the molecule is CCOC(=O)N1C2CCC1CC(N1CCC[C@@H](NC(=O)c3ccc(F)cc3Cl)C1)C2. The number of halogens is 2. The monoisotopic (exact) mass is 437 g/mol. The Labute approximate surface area is 181 Å². The Morgan fingerprint density at radius 1 is 1.20 bits per heavy atom. The van der Waals surface area contributed by atoms with Gasteiger partial charge in [0.15, 0.2) is 0 Å². The average molecular weight is 438 g/mol. The Kier molecular flexibility index (Phi) is 6.48. The molecule has 3 fully saturated rings. The van der Waals surface area contributed by atoms with Crippen molar-refractivity contribution >= 4 is 23.6 Å². The number of piperidine rings is 2. The maximum absolute atomic E-state index is 13.3. The molecule has 6 nitrogen and oxygen atoms in total. The van der Waals surface area contributed by atoms with Gasteiger partial charge in [-0.1, -0.05) is 11.6 Å². The van der Waals surface area contributed by atoms with E-state index in [1.807, 2.05) is 11.8 Å². The lowest BCUT2D eigenvalue weighted by molar-refractivity contribution is 0.0309. The highest BCUT2D eigenvalue weighted by Crippen LogP contribution is 2.38. The summed E-state index contributed by atoms with van der Waals surface area (Å²) < 4.78 is 18.5. The van der Waals surface area contributed by atoms with Crippen molar-refractivity contribution < 1.29 is 18.7 Å². The zero-order valence-corrected chi connectivity index (χ0v) is 18.0. The van der Waals surface area contributed by atoms with Gasteiger partial charge in [-0.3, -0.25) is 9.69 Å². The van der Waals surface area contributed by atoms with Gasteiger partial charge >= 0.3 is 6.09 Å². The van der Waals surface area contributed by atoms with Crippen LogP contribution < -0.4 is 5.32 Å². The second-order valence-electron chi connectivity index (χ2n) is 8.55. The molecule has 164 valence electrons. The quantitative estimate of drug-likeness (QED) is 0.777. The number of nitrogens with zero attached hydrogens (tertiary/aromatic N) is 2. The fraction of sp³-hybridized carbons (Fsp3) is 0.636. The molecular formula is C22H29ClFN3O3. The van der Waals surface area contributed by atoms with Crippen LogP contribution in [0.3, 0.4) is 0 Å². The molecule has 0 saturated carbocycles. The van der Waals surface area contributed by atoms with Crippen molar-refractivity contribution in [2.45, 2.75) is 69.6 Å². The lowest BCUT2D eigenvalue weighted by Crippen LogP contribution is -2.56. The Balaban J connectivity index is 1.36. The van der Waals surface area contributed by atoms with Crippen LogP contribution in [-0.2, 0) is 4.74 Å². The third kappa shape index (κ3) is 4.42. The molecule has 0 aliphatic carbocycles. The number of hydrogen-bond donors (Lipinski definition) is 1. The van der Waals surface area contributed by atoms with Gasteiger partial charge in [-0.15, -0.1) is 0 Å². The number of nitrogens with one attached hydrogen (secondary N) is 1. The highest BCUT2D eigenvalue weighted by atomic mass is 35.5. The van der Waals surface area contributed by atoms with Crippen LogP contribution in [-0.4, -0.2) is 65.7 Å². The van der Waals surface area contributed by atoms with Crippen LogP contribution in [0.1, 0.15) is 55.8 Å². The fourth-order valence-electron chi connectivity index (χ4n) is 5.34. The van der Waals surface area contributed by atoms with Gasteiger partial charge in [-0.2, -0.15) is 0 Å². The van der Waals surface area contributed by atoms with Gasteiger partial charge in [0.25, 0.3) is 5.91 Å². The highest BCUT2D eigenvalue weighted by Gasteiger charge is 2.45. The third-order valence-corrected chi connectivity index (χ3v) is 6.98. The van der Waals surface area contributed by atoms with Crippen molar-refractivity contribution in [1.82, 2.24) is 15.1 Å². The van der Waals surface area contributed by atoms with Gasteiger partial charge in [0, 0.05) is 30.7 Å². The molecule has 3 atom stereocenters. The molecule has 2 amide bonds. The minimum atomic E-state index is -0.454. The molecule has 30 heavy (non-hydrogen) atoms. The summed E-state index contributed by atoms with van der Waals surface area (Å²) in [5.41, 5.74) is 0.302. The second kappa shape index (κ2) is 9.10. The zero-order chi connectivity index (χ0) is 21.3. The summed E-state index contributed by atoms with van der Waals surface area (Å²) in [6, 6.07) is 4.80. The van der Waals surface area contributed by atoms with Gasteiger partial charge < -0.3 is 15.0 Å². The molecule has 0 aromatic heterocycles. The number of benzene rings is 1. The molecule has 8 heteroatoms. The summed E-state index contributed by atoms with van der Waals surface area (Å²) in [6.07, 6.45) is 5.74. The van der Waals surface area contributed by atoms with E-state index in [2.05, 4.69) is 10.2 Å². The number of fused-ring (bicyclic) bond motifs is 2. The van der Waals surface area contributed by atoms with Gasteiger partial charge in [-0.05, 0) is 70.2 Å². The normalized spacial score (nSPS) is 29.0. The fourth-order valence-corrected chi connectivity index (χ4v) is 5.59. The third-order valence-electron chi connectivity index (χ3n) is 6.67. The first kappa shape index (κ1) is 21.4. The van der Waals surface area contributed by atoms with Crippen molar-refractivity contribution in [3.05, 3.63) is 34.6 Å². The molecule has 3 aliphatic rings. The van der Waals surface area contributed by atoms with Crippen LogP contribution in [0.25, 0.3) is 0 Å². The summed E-state index contributed by atoms with van der Waals surface area (Å²) in [7, 11) is 0. The van der Waals surface area contributed by atoms with Crippen molar-refractivity contribution in [1.29, 1.82) is 0 Å². The first-order valence-electron chi connectivity index (χ1n) is 10.9. The van der Waals surface area contributed by atoms with E-state index in [0.29, 0.717) is 18.2 Å². The molecule has 1 aromatic carbocycles. The minimum absolute atomic E-state index is 0.0353. The van der Waals surface area contributed by atoms with E-state index < -0.39 is 5.82 Å². The maximum atomic E-state index is 13.3. The first-order chi connectivity index (χ1) is 14.5. The summed E-state index contributed by atoms with van der Waals surface area (Å²) in [5, 5.41) is 3.20. The Morgan fingerprint density at radius 3 is 2.60 bits per heavy atom. The van der Waals surface area contributed by atoms with Gasteiger partial charge in [0.1, 0.15) is 5.82 Å². The van der Waals surface area contributed by atoms with Crippen molar-refractivity contribution in [2.24, 2.45) is 0 Å². The molecule has 2 bridgehead atoms. The topological polar surface area (TPSA) is 61.9 Å². The van der Waals surface area contributed by atoms with E-state index in [4.69, 9.17) is 16.3 Å². The van der Waals surface area contributed by atoms with Crippen LogP contribution in [0, 0.1) is 5.82 Å². The highest BCUT2D eigenvalue weighted by molar-refractivity contribution is 6.33. The van der Waals surface area contributed by atoms with Gasteiger partial charge in [-0.25, -0.2) is 9.18 Å². The molecule has 0 radical (unpaired) electrons.